The number of fused-ring (bicyclic) bond motifs is 1. The van der Waals surface area contributed by atoms with Gasteiger partial charge in [-0.05, 0) is 48.2 Å². The lowest BCUT2D eigenvalue weighted by molar-refractivity contribution is 0.399. The normalized spacial score (nSPS) is 17.1. The number of anilines is 1. The van der Waals surface area contributed by atoms with Gasteiger partial charge in [0.15, 0.2) is 0 Å². The summed E-state index contributed by atoms with van der Waals surface area (Å²) in [5.74, 6) is 0.636. The number of nitrogens with one attached hydrogen (secondary N) is 1. The van der Waals surface area contributed by atoms with Crippen molar-refractivity contribution in [1.82, 2.24) is 4.98 Å². The van der Waals surface area contributed by atoms with Gasteiger partial charge in [-0.15, -0.1) is 0 Å². The van der Waals surface area contributed by atoms with Gasteiger partial charge in [0.2, 0.25) is 5.88 Å². The number of nitrogens with zero attached hydrogens (tertiary/aromatic N) is 1. The standard InChI is InChI=1S/C15H15ClN2O/c1-19-15-14(3-2-6-17-15)18-13-8-10-4-5-12(16)7-11(10)9-13/h2-7,13,18H,8-9H2,1H3. The minimum absolute atomic E-state index is 0.367. The van der Waals surface area contributed by atoms with E-state index in [0.717, 1.165) is 23.6 Å². The molecule has 19 heavy (non-hydrogen) atoms. The first-order valence-electron chi connectivity index (χ1n) is 6.29. The highest BCUT2D eigenvalue weighted by Crippen LogP contribution is 2.29. The Labute approximate surface area is 117 Å². The molecule has 1 aliphatic carbocycles. The van der Waals surface area contributed by atoms with Gasteiger partial charge >= 0.3 is 0 Å². The van der Waals surface area contributed by atoms with Gasteiger partial charge in [0.1, 0.15) is 0 Å². The summed E-state index contributed by atoms with van der Waals surface area (Å²) in [6, 6.07) is 10.4. The summed E-state index contributed by atoms with van der Waals surface area (Å²) in [7, 11) is 1.64. The molecule has 98 valence electrons. The van der Waals surface area contributed by atoms with Crippen LogP contribution in [-0.2, 0) is 12.8 Å². The quantitative estimate of drug-likeness (QED) is 0.932. The van der Waals surface area contributed by atoms with E-state index in [2.05, 4.69) is 22.4 Å². The predicted molar refractivity (Wildman–Crippen MR) is 77.1 cm³/mol. The van der Waals surface area contributed by atoms with Crippen LogP contribution in [0.15, 0.2) is 36.5 Å². The van der Waals surface area contributed by atoms with Crippen LogP contribution >= 0.6 is 11.6 Å². The highest BCUT2D eigenvalue weighted by atomic mass is 35.5. The highest BCUT2D eigenvalue weighted by molar-refractivity contribution is 6.30. The van der Waals surface area contributed by atoms with Crippen molar-refractivity contribution in [3.63, 3.8) is 0 Å². The van der Waals surface area contributed by atoms with Gasteiger partial charge in [0.25, 0.3) is 0 Å². The summed E-state index contributed by atoms with van der Waals surface area (Å²) in [5, 5.41) is 4.30. The number of pyridine rings is 1. The van der Waals surface area contributed by atoms with Crippen molar-refractivity contribution in [3.8, 4) is 5.88 Å². The molecule has 2 aromatic rings. The molecule has 1 heterocycles. The third kappa shape index (κ3) is 2.51. The number of methoxy groups -OCH3 is 1. The van der Waals surface area contributed by atoms with Crippen LogP contribution < -0.4 is 10.1 Å². The molecule has 1 aromatic carbocycles. The SMILES string of the molecule is COc1ncccc1NC1Cc2ccc(Cl)cc2C1. The molecule has 0 fully saturated rings. The Morgan fingerprint density at radius 1 is 1.26 bits per heavy atom. The van der Waals surface area contributed by atoms with Crippen LogP contribution in [0.3, 0.4) is 0 Å². The van der Waals surface area contributed by atoms with E-state index in [9.17, 15) is 0 Å². The van der Waals surface area contributed by atoms with Crippen LogP contribution in [0.5, 0.6) is 5.88 Å². The van der Waals surface area contributed by atoms with E-state index in [1.807, 2.05) is 18.2 Å². The Balaban J connectivity index is 1.77. The van der Waals surface area contributed by atoms with Gasteiger partial charge in [0, 0.05) is 17.3 Å². The number of halogens is 1. The first kappa shape index (κ1) is 12.3. The van der Waals surface area contributed by atoms with Crippen LogP contribution in [0.1, 0.15) is 11.1 Å². The lowest BCUT2D eigenvalue weighted by atomic mass is 10.1. The molecule has 0 aliphatic heterocycles. The van der Waals surface area contributed by atoms with Gasteiger partial charge in [-0.2, -0.15) is 0 Å². The summed E-state index contributed by atoms with van der Waals surface area (Å²) >= 11 is 6.03. The van der Waals surface area contributed by atoms with Crippen molar-refractivity contribution in [2.24, 2.45) is 0 Å². The molecule has 1 unspecified atom stereocenters. The molecule has 1 N–H and O–H groups in total. The summed E-state index contributed by atoms with van der Waals surface area (Å²) in [4.78, 5) is 4.20. The molecule has 1 aliphatic rings. The molecule has 0 saturated heterocycles. The molecule has 0 radical (unpaired) electrons. The Kier molecular flexibility index (Phi) is 3.30. The van der Waals surface area contributed by atoms with E-state index in [1.165, 1.54) is 11.1 Å². The zero-order chi connectivity index (χ0) is 13.2. The fourth-order valence-electron chi connectivity index (χ4n) is 2.57. The number of rotatable bonds is 3. The molecule has 0 spiro atoms. The number of ether oxygens (including phenoxy) is 1. The summed E-state index contributed by atoms with van der Waals surface area (Å²) in [6.45, 7) is 0. The maximum Gasteiger partial charge on any atom is 0.237 e. The van der Waals surface area contributed by atoms with Gasteiger partial charge in [-0.25, -0.2) is 4.98 Å². The predicted octanol–water partition coefficient (Wildman–Crippen LogP) is 3.32. The minimum atomic E-state index is 0.367. The molecule has 1 atom stereocenters. The van der Waals surface area contributed by atoms with Crippen molar-refractivity contribution in [3.05, 3.63) is 52.7 Å². The molecule has 0 amide bonds. The molecule has 3 rings (SSSR count). The zero-order valence-electron chi connectivity index (χ0n) is 10.7. The first-order chi connectivity index (χ1) is 9.26. The minimum Gasteiger partial charge on any atom is -0.480 e. The van der Waals surface area contributed by atoms with Gasteiger partial charge in [0.05, 0.1) is 12.8 Å². The van der Waals surface area contributed by atoms with Crippen molar-refractivity contribution in [2.45, 2.75) is 18.9 Å². The van der Waals surface area contributed by atoms with Crippen LogP contribution in [0.25, 0.3) is 0 Å². The Morgan fingerprint density at radius 3 is 2.95 bits per heavy atom. The van der Waals surface area contributed by atoms with E-state index in [0.29, 0.717) is 11.9 Å². The molecule has 0 bridgehead atoms. The van der Waals surface area contributed by atoms with Gasteiger partial charge < -0.3 is 10.1 Å². The van der Waals surface area contributed by atoms with Crippen LogP contribution in [0.2, 0.25) is 5.02 Å². The number of hydrogen-bond acceptors (Lipinski definition) is 3. The third-order valence-electron chi connectivity index (χ3n) is 3.43. The Morgan fingerprint density at radius 2 is 2.11 bits per heavy atom. The third-order valence-corrected chi connectivity index (χ3v) is 3.66. The lowest BCUT2D eigenvalue weighted by Crippen LogP contribution is -2.20. The van der Waals surface area contributed by atoms with Crippen molar-refractivity contribution < 1.29 is 4.74 Å². The Hall–Kier alpha value is -1.74. The average molecular weight is 275 g/mol. The van der Waals surface area contributed by atoms with Gasteiger partial charge in [-0.1, -0.05) is 17.7 Å². The lowest BCUT2D eigenvalue weighted by Gasteiger charge is -2.15. The van der Waals surface area contributed by atoms with Crippen LogP contribution in [0.4, 0.5) is 5.69 Å². The van der Waals surface area contributed by atoms with E-state index in [1.54, 1.807) is 13.3 Å². The number of hydrogen-bond donors (Lipinski definition) is 1. The van der Waals surface area contributed by atoms with Crippen molar-refractivity contribution in [2.75, 3.05) is 12.4 Å². The highest BCUT2D eigenvalue weighted by Gasteiger charge is 2.22. The molecule has 4 heteroatoms. The summed E-state index contributed by atoms with van der Waals surface area (Å²) < 4.78 is 5.26. The van der Waals surface area contributed by atoms with Crippen LogP contribution in [0, 0.1) is 0 Å². The maximum atomic E-state index is 6.03. The van der Waals surface area contributed by atoms with Crippen LogP contribution in [-0.4, -0.2) is 18.1 Å². The number of benzene rings is 1. The molecule has 1 aromatic heterocycles. The number of aromatic nitrogens is 1. The summed E-state index contributed by atoms with van der Waals surface area (Å²) in [5.41, 5.74) is 3.63. The van der Waals surface area contributed by atoms with Crippen molar-refractivity contribution in [1.29, 1.82) is 0 Å². The zero-order valence-corrected chi connectivity index (χ0v) is 11.4. The largest absolute Gasteiger partial charge is 0.480 e. The maximum absolute atomic E-state index is 6.03. The molecular formula is C15H15ClN2O. The molecule has 3 nitrogen and oxygen atoms in total. The van der Waals surface area contributed by atoms with E-state index >= 15 is 0 Å². The van der Waals surface area contributed by atoms with E-state index in [4.69, 9.17) is 16.3 Å². The second-order valence-corrected chi connectivity index (χ2v) is 5.16. The topological polar surface area (TPSA) is 34.1 Å². The second-order valence-electron chi connectivity index (χ2n) is 4.72. The van der Waals surface area contributed by atoms with E-state index < -0.39 is 0 Å². The molecule has 0 saturated carbocycles. The first-order valence-corrected chi connectivity index (χ1v) is 6.67. The monoisotopic (exact) mass is 274 g/mol. The average Bonchev–Trinajstić information content (AvgIpc) is 2.80. The second kappa shape index (κ2) is 5.10. The fraction of sp³-hybridized carbons (Fsp3) is 0.267. The Bertz CT molecular complexity index is 600. The van der Waals surface area contributed by atoms with E-state index in [-0.39, 0.29) is 0 Å². The van der Waals surface area contributed by atoms with Crippen molar-refractivity contribution >= 4 is 17.3 Å². The molecular weight excluding hydrogens is 260 g/mol. The summed E-state index contributed by atoms with van der Waals surface area (Å²) in [6.07, 6.45) is 3.71. The smallest absolute Gasteiger partial charge is 0.237 e. The van der Waals surface area contributed by atoms with Gasteiger partial charge in [-0.3, -0.25) is 0 Å². The fourth-order valence-corrected chi connectivity index (χ4v) is 2.77.